The van der Waals surface area contributed by atoms with E-state index in [1.807, 2.05) is 0 Å². The summed E-state index contributed by atoms with van der Waals surface area (Å²) in [5, 5.41) is 2.65. The lowest BCUT2D eigenvalue weighted by molar-refractivity contribution is -0.150. The van der Waals surface area contributed by atoms with Gasteiger partial charge in [0, 0.05) is 25.5 Å². The number of amides is 1. The zero-order valence-electron chi connectivity index (χ0n) is 18.8. The number of ether oxygens (including phenoxy) is 4. The maximum Gasteiger partial charge on any atom is 0.304 e. The van der Waals surface area contributed by atoms with Gasteiger partial charge >= 0.3 is 5.97 Å². The highest BCUT2D eigenvalue weighted by Crippen LogP contribution is 2.38. The lowest BCUT2D eigenvalue weighted by Crippen LogP contribution is -2.38. The topological polar surface area (TPSA) is 120 Å². The van der Waals surface area contributed by atoms with E-state index in [1.54, 1.807) is 12.1 Å². The monoisotopic (exact) mass is 478 g/mol. The van der Waals surface area contributed by atoms with Gasteiger partial charge in [0.2, 0.25) is 15.8 Å². The van der Waals surface area contributed by atoms with Crippen LogP contribution in [0.1, 0.15) is 30.1 Å². The lowest BCUT2D eigenvalue weighted by Gasteiger charge is -2.24. The normalized spacial score (nSPS) is 16.2. The fraction of sp³-hybridized carbons (Fsp3) is 0.364. The molecule has 1 atom stereocenters. The Morgan fingerprint density at radius 2 is 1.67 bits per heavy atom. The molecule has 0 aromatic heterocycles. The van der Waals surface area contributed by atoms with Crippen molar-refractivity contribution < 1.29 is 37.0 Å². The average molecular weight is 479 g/mol. The standard InChI is InChI=1S/C22H26N2O8S/c1-14(25)32-20-10-7-11-24(20)33(27,28)19-9-6-5-8-16(19)23-22(26)15-12-17(29-2)21(31-4)18(13-15)30-3/h5-6,8-9,12-13,20H,7,10-11H2,1-4H3,(H,23,26)/t20-/m0/s1. The molecule has 0 radical (unpaired) electrons. The van der Waals surface area contributed by atoms with E-state index in [4.69, 9.17) is 18.9 Å². The summed E-state index contributed by atoms with van der Waals surface area (Å²) < 4.78 is 48.9. The van der Waals surface area contributed by atoms with Crippen LogP contribution >= 0.6 is 0 Å². The highest BCUT2D eigenvalue weighted by molar-refractivity contribution is 7.89. The fourth-order valence-corrected chi connectivity index (χ4v) is 5.35. The molecule has 11 heteroatoms. The van der Waals surface area contributed by atoms with Crippen LogP contribution in [0.3, 0.4) is 0 Å². The maximum atomic E-state index is 13.4. The van der Waals surface area contributed by atoms with Crippen LogP contribution in [0, 0.1) is 0 Å². The average Bonchev–Trinajstić information content (AvgIpc) is 3.26. The molecule has 3 rings (SSSR count). The molecule has 0 unspecified atom stereocenters. The number of carbonyl (C=O) groups excluding carboxylic acids is 2. The molecule has 1 saturated heterocycles. The highest BCUT2D eigenvalue weighted by atomic mass is 32.2. The first-order valence-electron chi connectivity index (χ1n) is 10.1. The molecule has 178 valence electrons. The number of hydrogen-bond acceptors (Lipinski definition) is 8. The zero-order valence-corrected chi connectivity index (χ0v) is 19.6. The molecule has 1 amide bonds. The van der Waals surface area contributed by atoms with Gasteiger partial charge in [-0.3, -0.25) is 9.59 Å². The van der Waals surface area contributed by atoms with Crippen molar-refractivity contribution >= 4 is 27.6 Å². The summed E-state index contributed by atoms with van der Waals surface area (Å²) >= 11 is 0. The van der Waals surface area contributed by atoms with Crippen molar-refractivity contribution in [3.63, 3.8) is 0 Å². The van der Waals surface area contributed by atoms with Gasteiger partial charge in [-0.05, 0) is 30.7 Å². The van der Waals surface area contributed by atoms with Gasteiger partial charge in [0.05, 0.1) is 27.0 Å². The predicted molar refractivity (Wildman–Crippen MR) is 119 cm³/mol. The lowest BCUT2D eigenvalue weighted by atomic mass is 10.1. The van der Waals surface area contributed by atoms with E-state index < -0.39 is 28.1 Å². The Balaban J connectivity index is 1.94. The molecular weight excluding hydrogens is 452 g/mol. The molecule has 2 aromatic rings. The van der Waals surface area contributed by atoms with Gasteiger partial charge < -0.3 is 24.3 Å². The number of methoxy groups -OCH3 is 3. The largest absolute Gasteiger partial charge is 0.493 e. The van der Waals surface area contributed by atoms with Crippen molar-refractivity contribution in [3.05, 3.63) is 42.0 Å². The Labute approximate surface area is 192 Å². The van der Waals surface area contributed by atoms with Gasteiger partial charge in [-0.1, -0.05) is 12.1 Å². The Hall–Kier alpha value is -3.31. The molecule has 33 heavy (non-hydrogen) atoms. The number of anilines is 1. The predicted octanol–water partition coefficient (Wildman–Crippen LogP) is 2.64. The first kappa shape index (κ1) is 24.3. The van der Waals surface area contributed by atoms with Crippen molar-refractivity contribution in [1.29, 1.82) is 0 Å². The van der Waals surface area contributed by atoms with Crippen molar-refractivity contribution in [2.24, 2.45) is 0 Å². The minimum atomic E-state index is -4.06. The van der Waals surface area contributed by atoms with Crippen molar-refractivity contribution in [2.75, 3.05) is 33.2 Å². The molecule has 0 spiro atoms. The third-order valence-corrected chi connectivity index (χ3v) is 7.05. The minimum Gasteiger partial charge on any atom is -0.493 e. The Bertz CT molecular complexity index is 1120. The quantitative estimate of drug-likeness (QED) is 0.575. The summed E-state index contributed by atoms with van der Waals surface area (Å²) in [5.41, 5.74) is 0.264. The Morgan fingerprint density at radius 1 is 1.03 bits per heavy atom. The summed E-state index contributed by atoms with van der Waals surface area (Å²) in [6.45, 7) is 1.43. The molecular formula is C22H26N2O8S. The first-order valence-corrected chi connectivity index (χ1v) is 11.6. The Morgan fingerprint density at radius 3 is 2.24 bits per heavy atom. The molecule has 1 aliphatic heterocycles. The third-order valence-electron chi connectivity index (χ3n) is 5.10. The molecule has 10 nitrogen and oxygen atoms in total. The summed E-state index contributed by atoms with van der Waals surface area (Å²) in [7, 11) is 0.245. The van der Waals surface area contributed by atoms with Crippen molar-refractivity contribution in [3.8, 4) is 17.2 Å². The van der Waals surface area contributed by atoms with Gasteiger partial charge in [0.25, 0.3) is 5.91 Å². The Kier molecular flexibility index (Phi) is 7.44. The SMILES string of the molecule is COc1cc(C(=O)Nc2ccccc2S(=O)(=O)N2CCC[C@@H]2OC(C)=O)cc(OC)c1OC. The second-order valence-electron chi connectivity index (χ2n) is 7.19. The summed E-state index contributed by atoms with van der Waals surface area (Å²) in [5.74, 6) is -0.251. The van der Waals surface area contributed by atoms with E-state index in [2.05, 4.69) is 5.32 Å². The number of hydrogen-bond donors (Lipinski definition) is 1. The van der Waals surface area contributed by atoms with E-state index in [9.17, 15) is 18.0 Å². The van der Waals surface area contributed by atoms with Crippen LogP contribution in [0.4, 0.5) is 5.69 Å². The number of nitrogens with zero attached hydrogens (tertiary/aromatic N) is 1. The number of sulfonamides is 1. The molecule has 0 bridgehead atoms. The van der Waals surface area contributed by atoms with Crippen LogP contribution in [-0.4, -0.2) is 58.7 Å². The molecule has 1 N–H and O–H groups in total. The van der Waals surface area contributed by atoms with Crippen molar-refractivity contribution in [2.45, 2.75) is 30.9 Å². The van der Waals surface area contributed by atoms with Crippen LogP contribution in [0.25, 0.3) is 0 Å². The van der Waals surface area contributed by atoms with Gasteiger partial charge in [-0.15, -0.1) is 0 Å². The number of rotatable bonds is 8. The zero-order chi connectivity index (χ0) is 24.2. The van der Waals surface area contributed by atoms with Gasteiger partial charge in [0.1, 0.15) is 4.90 Å². The van der Waals surface area contributed by atoms with Crippen LogP contribution in [0.15, 0.2) is 41.3 Å². The number of benzene rings is 2. The molecule has 2 aromatic carbocycles. The number of nitrogens with one attached hydrogen (secondary N) is 1. The fourth-order valence-electron chi connectivity index (χ4n) is 3.62. The van der Waals surface area contributed by atoms with Crippen LogP contribution in [0.5, 0.6) is 17.2 Å². The number of carbonyl (C=O) groups is 2. The molecule has 0 saturated carbocycles. The molecule has 1 aliphatic rings. The summed E-state index contributed by atoms with van der Waals surface area (Å²) in [6, 6.07) is 8.97. The van der Waals surface area contributed by atoms with E-state index in [0.717, 1.165) is 4.31 Å². The first-order chi connectivity index (χ1) is 15.7. The van der Waals surface area contributed by atoms with E-state index >= 15 is 0 Å². The minimum absolute atomic E-state index is 0.0877. The molecule has 0 aliphatic carbocycles. The van der Waals surface area contributed by atoms with Gasteiger partial charge in [-0.25, -0.2) is 8.42 Å². The second-order valence-corrected chi connectivity index (χ2v) is 9.05. The van der Waals surface area contributed by atoms with Gasteiger partial charge in [0.15, 0.2) is 17.7 Å². The summed E-state index contributed by atoms with van der Waals surface area (Å²) in [6.07, 6.45) is 0.0713. The van der Waals surface area contributed by atoms with Crippen molar-refractivity contribution in [1.82, 2.24) is 4.31 Å². The third kappa shape index (κ3) is 5.04. The molecule has 1 heterocycles. The van der Waals surface area contributed by atoms with E-state index in [0.29, 0.717) is 18.6 Å². The smallest absolute Gasteiger partial charge is 0.304 e. The van der Waals surface area contributed by atoms with Gasteiger partial charge in [-0.2, -0.15) is 4.31 Å². The van der Waals surface area contributed by atoms with E-state index in [1.165, 1.54) is 52.5 Å². The maximum absolute atomic E-state index is 13.4. The number of para-hydroxylation sites is 1. The second kappa shape index (κ2) is 10.1. The van der Waals surface area contributed by atoms with Crippen LogP contribution in [0.2, 0.25) is 0 Å². The van der Waals surface area contributed by atoms with E-state index in [-0.39, 0.29) is 34.2 Å². The molecule has 1 fully saturated rings. The summed E-state index contributed by atoms with van der Waals surface area (Å²) in [4.78, 5) is 24.3. The van der Waals surface area contributed by atoms with Crippen LogP contribution in [-0.2, 0) is 19.6 Å². The number of esters is 1. The highest BCUT2D eigenvalue weighted by Gasteiger charge is 2.38. The van der Waals surface area contributed by atoms with Crippen LogP contribution < -0.4 is 19.5 Å².